The third kappa shape index (κ3) is 2.21. The molecule has 2 saturated carbocycles. The second-order valence-corrected chi connectivity index (χ2v) is 5.66. The van der Waals surface area contributed by atoms with E-state index >= 15 is 0 Å². The van der Waals surface area contributed by atoms with Crippen molar-refractivity contribution in [2.45, 2.75) is 57.1 Å². The molecule has 0 radical (unpaired) electrons. The highest BCUT2D eigenvalue weighted by molar-refractivity contribution is 4.94. The van der Waals surface area contributed by atoms with E-state index in [1.54, 1.807) is 0 Å². The average Bonchev–Trinajstić information content (AvgIpc) is 2.93. The molecule has 1 heterocycles. The summed E-state index contributed by atoms with van der Waals surface area (Å²) in [4.78, 5) is 0. The number of rotatable bonds is 4. The quantitative estimate of drug-likeness (QED) is 0.767. The molecule has 3 fully saturated rings. The second kappa shape index (κ2) is 4.42. The van der Waals surface area contributed by atoms with Crippen molar-refractivity contribution < 1.29 is 4.74 Å². The molecule has 1 aliphatic heterocycles. The summed E-state index contributed by atoms with van der Waals surface area (Å²) in [6.45, 7) is 2.18. The predicted octanol–water partition coefficient (Wildman–Crippen LogP) is 2.33. The van der Waals surface area contributed by atoms with E-state index in [9.17, 15) is 0 Å². The molecule has 4 atom stereocenters. The van der Waals surface area contributed by atoms with Gasteiger partial charge in [0.25, 0.3) is 0 Å². The lowest BCUT2D eigenvalue weighted by Gasteiger charge is -2.23. The molecule has 0 aromatic carbocycles. The molecule has 2 bridgehead atoms. The molecule has 0 spiro atoms. The van der Waals surface area contributed by atoms with Crippen molar-refractivity contribution in [3.63, 3.8) is 0 Å². The molecule has 3 rings (SSSR count). The normalized spacial score (nSPS) is 44.0. The number of hydrogen-bond acceptors (Lipinski definition) is 2. The van der Waals surface area contributed by atoms with Crippen LogP contribution in [0.3, 0.4) is 0 Å². The van der Waals surface area contributed by atoms with Crippen LogP contribution in [0.25, 0.3) is 0 Å². The Morgan fingerprint density at radius 2 is 2.13 bits per heavy atom. The topological polar surface area (TPSA) is 21.3 Å². The van der Waals surface area contributed by atoms with Crippen molar-refractivity contribution in [1.82, 2.24) is 5.32 Å². The fourth-order valence-electron chi connectivity index (χ4n) is 3.80. The molecular weight excluding hydrogens is 186 g/mol. The number of nitrogens with one attached hydrogen (secondary N) is 1. The summed E-state index contributed by atoms with van der Waals surface area (Å²) in [5, 5.41) is 3.76. The van der Waals surface area contributed by atoms with Gasteiger partial charge in [0.2, 0.25) is 0 Å². The Balaban J connectivity index is 1.36. The van der Waals surface area contributed by atoms with E-state index in [1.165, 1.54) is 51.5 Å². The Kier molecular flexibility index (Phi) is 2.98. The Hall–Kier alpha value is -0.0800. The van der Waals surface area contributed by atoms with Crippen LogP contribution in [0.15, 0.2) is 0 Å². The van der Waals surface area contributed by atoms with Gasteiger partial charge in [0.15, 0.2) is 0 Å². The first-order valence-electron chi connectivity index (χ1n) is 6.77. The van der Waals surface area contributed by atoms with Crippen molar-refractivity contribution in [1.29, 1.82) is 0 Å². The molecule has 0 aromatic rings. The molecule has 3 aliphatic rings. The molecule has 2 aliphatic carbocycles. The summed E-state index contributed by atoms with van der Waals surface area (Å²) in [6.07, 6.45) is 10.3. The number of ether oxygens (including phenoxy) is 1. The van der Waals surface area contributed by atoms with E-state index in [-0.39, 0.29) is 0 Å². The van der Waals surface area contributed by atoms with E-state index in [0.717, 1.165) is 24.5 Å². The van der Waals surface area contributed by atoms with E-state index in [0.29, 0.717) is 6.10 Å². The monoisotopic (exact) mass is 209 g/mol. The lowest BCUT2D eigenvalue weighted by atomic mass is 9.95. The Labute approximate surface area is 92.8 Å². The zero-order valence-corrected chi connectivity index (χ0v) is 9.58. The molecule has 4 unspecified atom stereocenters. The predicted molar refractivity (Wildman–Crippen MR) is 60.8 cm³/mol. The summed E-state index contributed by atoms with van der Waals surface area (Å²) in [5.41, 5.74) is 0. The first kappa shape index (κ1) is 10.1. The molecule has 0 aromatic heterocycles. The summed E-state index contributed by atoms with van der Waals surface area (Å²) < 4.78 is 5.64. The van der Waals surface area contributed by atoms with E-state index in [1.807, 2.05) is 0 Å². The van der Waals surface area contributed by atoms with Gasteiger partial charge < -0.3 is 10.1 Å². The van der Waals surface area contributed by atoms with Crippen molar-refractivity contribution in [3.8, 4) is 0 Å². The molecular formula is C13H23NO. The summed E-state index contributed by atoms with van der Waals surface area (Å²) in [6, 6.07) is 0.852. The zero-order chi connectivity index (χ0) is 10.1. The minimum absolute atomic E-state index is 0.566. The first-order valence-corrected chi connectivity index (χ1v) is 6.77. The van der Waals surface area contributed by atoms with Crippen LogP contribution in [-0.2, 0) is 4.74 Å². The SMILES string of the molecule is C1COC(CCNC2CC3CCC2C3)C1. The van der Waals surface area contributed by atoms with Gasteiger partial charge in [-0.05, 0) is 56.9 Å². The standard InChI is InChI=1S/C13H23NO/c1-2-12(15-7-1)5-6-14-13-9-10-3-4-11(13)8-10/h10-14H,1-9H2. The molecule has 15 heavy (non-hydrogen) atoms. The van der Waals surface area contributed by atoms with Gasteiger partial charge in [-0.15, -0.1) is 0 Å². The van der Waals surface area contributed by atoms with Crippen molar-refractivity contribution >= 4 is 0 Å². The lowest BCUT2D eigenvalue weighted by Crippen LogP contribution is -2.35. The fourth-order valence-corrected chi connectivity index (χ4v) is 3.80. The van der Waals surface area contributed by atoms with Gasteiger partial charge in [-0.1, -0.05) is 6.42 Å². The van der Waals surface area contributed by atoms with E-state index in [4.69, 9.17) is 4.74 Å². The number of fused-ring (bicyclic) bond motifs is 2. The van der Waals surface area contributed by atoms with E-state index in [2.05, 4.69) is 5.32 Å². The minimum Gasteiger partial charge on any atom is -0.378 e. The van der Waals surface area contributed by atoms with E-state index < -0.39 is 0 Å². The van der Waals surface area contributed by atoms with Gasteiger partial charge in [-0.2, -0.15) is 0 Å². The van der Waals surface area contributed by atoms with Crippen LogP contribution in [0.5, 0.6) is 0 Å². The van der Waals surface area contributed by atoms with Gasteiger partial charge in [0.1, 0.15) is 0 Å². The Morgan fingerprint density at radius 3 is 2.80 bits per heavy atom. The van der Waals surface area contributed by atoms with Gasteiger partial charge in [0, 0.05) is 12.6 Å². The maximum Gasteiger partial charge on any atom is 0.0588 e. The Morgan fingerprint density at radius 1 is 1.13 bits per heavy atom. The Bertz CT molecular complexity index is 213. The minimum atomic E-state index is 0.566. The largest absolute Gasteiger partial charge is 0.378 e. The van der Waals surface area contributed by atoms with Gasteiger partial charge >= 0.3 is 0 Å². The smallest absolute Gasteiger partial charge is 0.0588 e. The van der Waals surface area contributed by atoms with Crippen molar-refractivity contribution in [2.24, 2.45) is 11.8 Å². The maximum absolute atomic E-state index is 5.64. The van der Waals surface area contributed by atoms with Crippen LogP contribution in [0, 0.1) is 11.8 Å². The third-order valence-electron chi connectivity index (χ3n) is 4.63. The van der Waals surface area contributed by atoms with Crippen molar-refractivity contribution in [2.75, 3.05) is 13.2 Å². The van der Waals surface area contributed by atoms with Crippen LogP contribution >= 0.6 is 0 Å². The van der Waals surface area contributed by atoms with Crippen LogP contribution in [0.1, 0.15) is 44.9 Å². The van der Waals surface area contributed by atoms with Crippen LogP contribution in [-0.4, -0.2) is 25.3 Å². The summed E-state index contributed by atoms with van der Waals surface area (Å²) in [7, 11) is 0. The molecule has 86 valence electrons. The first-order chi connectivity index (χ1) is 7.42. The number of hydrogen-bond donors (Lipinski definition) is 1. The molecule has 1 saturated heterocycles. The summed E-state index contributed by atoms with van der Waals surface area (Å²) >= 11 is 0. The highest BCUT2D eigenvalue weighted by atomic mass is 16.5. The maximum atomic E-state index is 5.64. The van der Waals surface area contributed by atoms with Crippen LogP contribution in [0.4, 0.5) is 0 Å². The fraction of sp³-hybridized carbons (Fsp3) is 1.00. The second-order valence-electron chi connectivity index (χ2n) is 5.66. The highest BCUT2D eigenvalue weighted by Gasteiger charge is 2.38. The third-order valence-corrected chi connectivity index (χ3v) is 4.63. The van der Waals surface area contributed by atoms with Gasteiger partial charge in [-0.3, -0.25) is 0 Å². The molecule has 0 amide bonds. The molecule has 2 heteroatoms. The zero-order valence-electron chi connectivity index (χ0n) is 9.58. The molecule has 2 nitrogen and oxygen atoms in total. The van der Waals surface area contributed by atoms with Crippen molar-refractivity contribution in [3.05, 3.63) is 0 Å². The van der Waals surface area contributed by atoms with Crippen LogP contribution in [0.2, 0.25) is 0 Å². The van der Waals surface area contributed by atoms with Gasteiger partial charge in [-0.25, -0.2) is 0 Å². The summed E-state index contributed by atoms with van der Waals surface area (Å²) in [5.74, 6) is 2.08. The molecule has 1 N–H and O–H groups in total. The lowest BCUT2D eigenvalue weighted by molar-refractivity contribution is 0.103. The highest BCUT2D eigenvalue weighted by Crippen LogP contribution is 2.44. The van der Waals surface area contributed by atoms with Gasteiger partial charge in [0.05, 0.1) is 6.10 Å². The average molecular weight is 209 g/mol. The van der Waals surface area contributed by atoms with Crippen LogP contribution < -0.4 is 5.32 Å².